The Morgan fingerprint density at radius 2 is 0.934 bits per heavy atom. The van der Waals surface area contributed by atoms with E-state index < -0.39 is 43.3 Å². The maximum absolute atomic E-state index is 14.0. The van der Waals surface area contributed by atoms with E-state index in [1.165, 1.54) is 72.8 Å². The molecule has 0 unspecified atom stereocenters. The van der Waals surface area contributed by atoms with Crippen LogP contribution in [0.3, 0.4) is 0 Å². The Balaban J connectivity index is 1.07. The second kappa shape index (κ2) is 14.5. The molecule has 0 atom stereocenters. The molecule has 0 fully saturated rings. The van der Waals surface area contributed by atoms with Crippen LogP contribution in [0.2, 0.25) is 10.0 Å². The van der Waals surface area contributed by atoms with Crippen molar-refractivity contribution in [2.75, 3.05) is 21.3 Å². The van der Waals surface area contributed by atoms with Crippen LogP contribution in [0.25, 0.3) is 27.1 Å². The lowest BCUT2D eigenvalue weighted by molar-refractivity contribution is 0.0910. The average molecular weight is 860 g/mol. The number of fused-ring (bicyclic) bond motifs is 2. The van der Waals surface area contributed by atoms with Crippen LogP contribution in [-0.4, -0.2) is 32.0 Å². The summed E-state index contributed by atoms with van der Waals surface area (Å²) in [4.78, 5) is 58.7. The van der Waals surface area contributed by atoms with Crippen molar-refractivity contribution in [1.82, 2.24) is 0 Å². The van der Waals surface area contributed by atoms with Gasteiger partial charge in [-0.25, -0.2) is 23.1 Å². The van der Waals surface area contributed by atoms with E-state index in [4.69, 9.17) is 41.2 Å². The highest BCUT2D eigenvalue weighted by molar-refractivity contribution is 7.91. The van der Waals surface area contributed by atoms with Crippen LogP contribution in [-0.2, 0) is 9.84 Å². The maximum atomic E-state index is 14.0. The number of nitrogens with zero attached hydrogens (tertiary/aromatic N) is 6. The summed E-state index contributed by atoms with van der Waals surface area (Å²) in [5, 5.41) is 28.4. The molecule has 6 aromatic carbocycles. The van der Waals surface area contributed by atoms with Gasteiger partial charge in [0.1, 0.15) is 0 Å². The van der Waals surface area contributed by atoms with E-state index >= 15 is 0 Å². The lowest BCUT2D eigenvalue weighted by atomic mass is 9.92. The van der Waals surface area contributed by atoms with Crippen LogP contribution in [0.4, 0.5) is 28.4 Å². The molecule has 2 aliphatic rings. The molecule has 17 heteroatoms. The molecule has 0 aromatic heterocycles. The highest BCUT2D eigenvalue weighted by Gasteiger charge is 2.40. The van der Waals surface area contributed by atoms with Gasteiger partial charge in [0, 0.05) is 22.5 Å². The molecule has 2 aliphatic heterocycles. The zero-order chi connectivity index (χ0) is 43.7. The summed E-state index contributed by atoms with van der Waals surface area (Å²) in [5.41, 5.74) is 13.4. The van der Waals surface area contributed by atoms with Gasteiger partial charge in [-0.15, -0.1) is 0 Å². The second-order valence-electron chi connectivity index (χ2n) is 13.5. The number of nitrogen functional groups attached to an aromatic ring is 2. The van der Waals surface area contributed by atoms with Gasteiger partial charge in [-0.05, 0) is 96.1 Å². The van der Waals surface area contributed by atoms with Gasteiger partial charge in [0.05, 0.1) is 94.9 Å². The van der Waals surface area contributed by atoms with Crippen molar-refractivity contribution in [3.63, 3.8) is 0 Å². The molecule has 0 aliphatic carbocycles. The first-order chi connectivity index (χ1) is 29.1. The SMILES string of the molecule is [C-]#[N+]c1cc(N)cc(C#N)c1-c1ccc2c(c1)C(=O)N(c1ccc(S(=O)(=O)c3ccc(N4C(=O)c5ccc(-c6c(C#N)cc(N)cc6C#N)cc5C4=O)cc3Cl)c(Cl)c1)C2=O. The molecule has 8 rings (SSSR count). The van der Waals surface area contributed by atoms with Gasteiger partial charge in [0.15, 0.2) is 5.69 Å². The van der Waals surface area contributed by atoms with Crippen LogP contribution >= 0.6 is 23.2 Å². The van der Waals surface area contributed by atoms with Crippen molar-refractivity contribution in [3.05, 3.63) is 157 Å². The standard InChI is InChI=1S/C44H20Cl2N8O6S/c1-52-36-15-27(51)12-25(20-49)40(36)22-3-7-31-33(14-22)44(58)54(42(31)56)29-5-9-38(35(46)17-29)61(59,60)37-8-4-28(16-34(37)45)53-41(55)30-6-2-21(13-32(30)43(53)57)39-23(18-47)10-26(50)11-24(39)19-48/h2-17H,50-51H2. The van der Waals surface area contributed by atoms with Gasteiger partial charge in [0.25, 0.3) is 23.6 Å². The van der Waals surface area contributed by atoms with Gasteiger partial charge in [-0.2, -0.15) is 15.8 Å². The fourth-order valence-corrected chi connectivity index (χ4v) is 9.68. The van der Waals surface area contributed by atoms with Crippen LogP contribution in [0.5, 0.6) is 0 Å². The third-order valence-electron chi connectivity index (χ3n) is 10.1. The van der Waals surface area contributed by atoms with E-state index in [0.29, 0.717) is 11.1 Å². The molecule has 4 N–H and O–H groups in total. The minimum Gasteiger partial charge on any atom is -0.400 e. The molecule has 0 radical (unpaired) electrons. The van der Waals surface area contributed by atoms with Crippen molar-refractivity contribution in [2.45, 2.75) is 9.79 Å². The zero-order valence-electron chi connectivity index (χ0n) is 30.7. The average Bonchev–Trinajstić information content (AvgIpc) is 3.64. The van der Waals surface area contributed by atoms with E-state index in [1.54, 1.807) is 0 Å². The molecule has 292 valence electrons. The Kier molecular flexibility index (Phi) is 9.40. The lowest BCUT2D eigenvalue weighted by Gasteiger charge is -2.17. The number of nitrogens with two attached hydrogens (primary N) is 2. The second-order valence-corrected chi connectivity index (χ2v) is 16.2. The van der Waals surface area contributed by atoms with Crippen LogP contribution in [0, 0.1) is 40.6 Å². The Hall–Kier alpha value is -8.31. The number of amides is 4. The van der Waals surface area contributed by atoms with E-state index in [9.17, 15) is 43.4 Å². The minimum atomic E-state index is -4.51. The molecule has 0 saturated heterocycles. The highest BCUT2D eigenvalue weighted by Crippen LogP contribution is 2.42. The third kappa shape index (κ3) is 6.18. The minimum absolute atomic E-state index is 0.0172. The Bertz CT molecular complexity index is 3090. The number of carbonyl (C=O) groups is 4. The largest absolute Gasteiger partial charge is 0.400 e. The molecule has 4 amide bonds. The number of sulfone groups is 1. The fraction of sp³-hybridized carbons (Fsp3) is 0. The summed E-state index contributed by atoms with van der Waals surface area (Å²) in [5.74, 6) is -2.99. The summed E-state index contributed by atoms with van der Waals surface area (Å²) < 4.78 is 28.0. The molecular weight excluding hydrogens is 840 g/mol. The number of nitriles is 3. The first kappa shape index (κ1) is 39.5. The van der Waals surface area contributed by atoms with Crippen molar-refractivity contribution < 1.29 is 27.6 Å². The number of rotatable bonds is 6. The topological polar surface area (TPSA) is 237 Å². The number of anilines is 4. The number of halogens is 2. The maximum Gasteiger partial charge on any atom is 0.266 e. The Morgan fingerprint density at radius 1 is 0.541 bits per heavy atom. The molecule has 0 saturated carbocycles. The number of carbonyl (C=O) groups excluding carboxylic acids is 4. The third-order valence-corrected chi connectivity index (χ3v) is 12.8. The summed E-state index contributed by atoms with van der Waals surface area (Å²) in [6.45, 7) is 7.58. The number of benzene rings is 6. The summed E-state index contributed by atoms with van der Waals surface area (Å²) in [6, 6.07) is 27.0. The summed E-state index contributed by atoms with van der Waals surface area (Å²) in [6.07, 6.45) is 0. The van der Waals surface area contributed by atoms with E-state index in [0.717, 1.165) is 34.1 Å². The van der Waals surface area contributed by atoms with Crippen LogP contribution in [0.1, 0.15) is 58.1 Å². The van der Waals surface area contributed by atoms with Gasteiger partial charge in [-0.1, -0.05) is 35.3 Å². The van der Waals surface area contributed by atoms with E-state index in [-0.39, 0.29) is 88.6 Å². The molecule has 61 heavy (non-hydrogen) atoms. The van der Waals surface area contributed by atoms with E-state index in [2.05, 4.69) is 4.85 Å². The number of imide groups is 2. The lowest BCUT2D eigenvalue weighted by Crippen LogP contribution is -2.29. The van der Waals surface area contributed by atoms with Crippen molar-refractivity contribution in [1.29, 1.82) is 15.8 Å². The fourth-order valence-electron chi connectivity index (χ4n) is 7.35. The highest BCUT2D eigenvalue weighted by atomic mass is 35.5. The van der Waals surface area contributed by atoms with Gasteiger partial charge >= 0.3 is 0 Å². The monoisotopic (exact) mass is 858 g/mol. The van der Waals surface area contributed by atoms with Gasteiger partial charge < -0.3 is 11.5 Å². The summed E-state index contributed by atoms with van der Waals surface area (Å²) >= 11 is 13.1. The first-order valence-electron chi connectivity index (χ1n) is 17.5. The zero-order valence-corrected chi connectivity index (χ0v) is 33.0. The van der Waals surface area contributed by atoms with Crippen molar-refractivity contribution in [2.24, 2.45) is 0 Å². The van der Waals surface area contributed by atoms with Crippen LogP contribution < -0.4 is 21.3 Å². The predicted octanol–water partition coefficient (Wildman–Crippen LogP) is 8.09. The van der Waals surface area contributed by atoms with Gasteiger partial charge in [-0.3, -0.25) is 19.2 Å². The van der Waals surface area contributed by atoms with Crippen molar-refractivity contribution >= 4 is 85.1 Å². The van der Waals surface area contributed by atoms with E-state index in [1.807, 2.05) is 18.2 Å². The molecule has 6 aromatic rings. The predicted molar refractivity (Wildman–Crippen MR) is 224 cm³/mol. The number of hydrogen-bond acceptors (Lipinski definition) is 11. The quantitative estimate of drug-likeness (QED) is 0.0922. The molecule has 0 spiro atoms. The van der Waals surface area contributed by atoms with Gasteiger partial charge in [0.2, 0.25) is 9.84 Å². The molecule has 14 nitrogen and oxygen atoms in total. The smallest absolute Gasteiger partial charge is 0.266 e. The Labute approximate surface area is 355 Å². The normalized spacial score (nSPS) is 13.0. The summed E-state index contributed by atoms with van der Waals surface area (Å²) in [7, 11) is -4.51. The number of hydrogen-bond donors (Lipinski definition) is 2. The van der Waals surface area contributed by atoms with Crippen LogP contribution in [0.15, 0.2) is 107 Å². The molecule has 0 bridgehead atoms. The molecule has 2 heterocycles. The Morgan fingerprint density at radius 3 is 1.34 bits per heavy atom. The molecular formula is C44H20Cl2N8O6S. The first-order valence-corrected chi connectivity index (χ1v) is 19.7. The van der Waals surface area contributed by atoms with Crippen molar-refractivity contribution in [3.8, 4) is 40.5 Å².